The predicted octanol–water partition coefficient (Wildman–Crippen LogP) is 2.01. The Morgan fingerprint density at radius 1 is 1.32 bits per heavy atom. The average Bonchev–Trinajstić information content (AvgIpc) is 2.97. The van der Waals surface area contributed by atoms with Crippen molar-refractivity contribution in [3.05, 3.63) is 35.2 Å². The van der Waals surface area contributed by atoms with Crippen LogP contribution in [0.5, 0.6) is 11.5 Å². The largest absolute Gasteiger partial charge is 0.454 e. The zero-order valence-corrected chi connectivity index (χ0v) is 10.6. The number of aromatic nitrogens is 2. The standard InChI is InChI=1S/C13H13N3O3/c1-7-8(2)15-16-12(7)13(17)14-9-3-4-10-11(5-9)19-6-18-10/h3-5H,6H2,1-2H3,(H,14,17)(H,15,16). The first-order valence-electron chi connectivity index (χ1n) is 5.87. The number of fused-ring (bicyclic) bond motifs is 1. The Kier molecular flexibility index (Phi) is 2.63. The van der Waals surface area contributed by atoms with Crippen molar-refractivity contribution in [1.29, 1.82) is 0 Å². The maximum Gasteiger partial charge on any atom is 0.276 e. The number of nitrogens with zero attached hydrogens (tertiary/aromatic N) is 1. The summed E-state index contributed by atoms with van der Waals surface area (Å²) >= 11 is 0. The summed E-state index contributed by atoms with van der Waals surface area (Å²) in [4.78, 5) is 12.1. The second-order valence-corrected chi connectivity index (χ2v) is 4.34. The summed E-state index contributed by atoms with van der Waals surface area (Å²) in [5, 5.41) is 9.57. The van der Waals surface area contributed by atoms with Crippen molar-refractivity contribution in [2.45, 2.75) is 13.8 Å². The zero-order valence-electron chi connectivity index (χ0n) is 10.6. The second kappa shape index (κ2) is 4.31. The molecule has 1 aromatic carbocycles. The van der Waals surface area contributed by atoms with E-state index >= 15 is 0 Å². The molecule has 1 aliphatic heterocycles. The molecule has 1 aliphatic rings. The Bertz CT molecular complexity index is 649. The van der Waals surface area contributed by atoms with E-state index in [1.165, 1.54) is 0 Å². The van der Waals surface area contributed by atoms with Gasteiger partial charge in [-0.15, -0.1) is 0 Å². The van der Waals surface area contributed by atoms with Crippen molar-refractivity contribution in [3.63, 3.8) is 0 Å². The number of aromatic amines is 1. The first-order valence-corrected chi connectivity index (χ1v) is 5.87. The van der Waals surface area contributed by atoms with E-state index in [2.05, 4.69) is 15.5 Å². The van der Waals surface area contributed by atoms with Gasteiger partial charge < -0.3 is 14.8 Å². The smallest absolute Gasteiger partial charge is 0.276 e. The molecule has 1 aromatic heterocycles. The Morgan fingerprint density at radius 3 is 2.84 bits per heavy atom. The van der Waals surface area contributed by atoms with E-state index in [9.17, 15) is 4.79 Å². The van der Waals surface area contributed by atoms with E-state index in [1.54, 1.807) is 18.2 Å². The Labute approximate surface area is 109 Å². The maximum absolute atomic E-state index is 12.1. The van der Waals surface area contributed by atoms with Crippen LogP contribution in [0.25, 0.3) is 0 Å². The highest BCUT2D eigenvalue weighted by Crippen LogP contribution is 2.34. The molecule has 3 rings (SSSR count). The fourth-order valence-corrected chi connectivity index (χ4v) is 1.87. The number of aryl methyl sites for hydroxylation is 1. The highest BCUT2D eigenvalue weighted by atomic mass is 16.7. The summed E-state index contributed by atoms with van der Waals surface area (Å²) < 4.78 is 10.5. The van der Waals surface area contributed by atoms with Crippen LogP contribution in [0.1, 0.15) is 21.7 Å². The van der Waals surface area contributed by atoms with Crippen molar-refractivity contribution in [2.24, 2.45) is 0 Å². The van der Waals surface area contributed by atoms with E-state index in [4.69, 9.17) is 9.47 Å². The molecular formula is C13H13N3O3. The van der Waals surface area contributed by atoms with Crippen LogP contribution < -0.4 is 14.8 Å². The number of benzene rings is 1. The fourth-order valence-electron chi connectivity index (χ4n) is 1.87. The van der Waals surface area contributed by atoms with Gasteiger partial charge in [0.25, 0.3) is 5.91 Å². The molecule has 0 spiro atoms. The summed E-state index contributed by atoms with van der Waals surface area (Å²) in [7, 11) is 0. The SMILES string of the molecule is Cc1[nH]nc(C(=O)Nc2ccc3c(c2)OCO3)c1C. The summed E-state index contributed by atoms with van der Waals surface area (Å²) in [6.45, 7) is 3.94. The van der Waals surface area contributed by atoms with Crippen LogP contribution in [0.2, 0.25) is 0 Å². The number of H-pyrrole nitrogens is 1. The van der Waals surface area contributed by atoms with E-state index < -0.39 is 0 Å². The number of hydrogen-bond donors (Lipinski definition) is 2. The molecule has 0 radical (unpaired) electrons. The third kappa shape index (κ3) is 2.01. The van der Waals surface area contributed by atoms with Crippen molar-refractivity contribution in [1.82, 2.24) is 10.2 Å². The average molecular weight is 259 g/mol. The second-order valence-electron chi connectivity index (χ2n) is 4.34. The zero-order chi connectivity index (χ0) is 13.4. The maximum atomic E-state index is 12.1. The number of nitrogens with one attached hydrogen (secondary N) is 2. The molecule has 0 saturated carbocycles. The van der Waals surface area contributed by atoms with Crippen molar-refractivity contribution >= 4 is 11.6 Å². The van der Waals surface area contributed by atoms with Crippen LogP contribution in [0.15, 0.2) is 18.2 Å². The Balaban J connectivity index is 1.82. The summed E-state index contributed by atoms with van der Waals surface area (Å²) in [5.74, 6) is 1.07. The van der Waals surface area contributed by atoms with E-state index in [0.717, 1.165) is 11.3 Å². The van der Waals surface area contributed by atoms with Gasteiger partial charge in [0, 0.05) is 23.0 Å². The lowest BCUT2D eigenvalue weighted by molar-refractivity contribution is 0.102. The third-order valence-corrected chi connectivity index (χ3v) is 3.10. The van der Waals surface area contributed by atoms with Crippen molar-refractivity contribution in [2.75, 3.05) is 12.1 Å². The number of rotatable bonds is 2. The molecule has 2 aromatic rings. The molecule has 98 valence electrons. The van der Waals surface area contributed by atoms with Gasteiger partial charge in [0.05, 0.1) is 0 Å². The van der Waals surface area contributed by atoms with Crippen LogP contribution in [-0.2, 0) is 0 Å². The first kappa shape index (κ1) is 11.6. The van der Waals surface area contributed by atoms with Gasteiger partial charge in [0.15, 0.2) is 17.2 Å². The topological polar surface area (TPSA) is 76.2 Å². The summed E-state index contributed by atoms with van der Waals surface area (Å²) in [5.41, 5.74) is 2.78. The van der Waals surface area contributed by atoms with Crippen LogP contribution in [0.3, 0.4) is 0 Å². The molecule has 6 nitrogen and oxygen atoms in total. The highest BCUT2D eigenvalue weighted by molar-refractivity contribution is 6.04. The van der Waals surface area contributed by atoms with Gasteiger partial charge in [0.2, 0.25) is 6.79 Å². The van der Waals surface area contributed by atoms with Crippen molar-refractivity contribution < 1.29 is 14.3 Å². The third-order valence-electron chi connectivity index (χ3n) is 3.10. The molecule has 2 heterocycles. The summed E-state index contributed by atoms with van der Waals surface area (Å²) in [6.07, 6.45) is 0. The van der Waals surface area contributed by atoms with Gasteiger partial charge in [-0.3, -0.25) is 9.89 Å². The minimum Gasteiger partial charge on any atom is -0.454 e. The fraction of sp³-hybridized carbons (Fsp3) is 0.231. The van der Waals surface area contributed by atoms with E-state index in [1.807, 2.05) is 13.8 Å². The van der Waals surface area contributed by atoms with Gasteiger partial charge in [-0.1, -0.05) is 0 Å². The van der Waals surface area contributed by atoms with Crippen LogP contribution in [-0.4, -0.2) is 22.9 Å². The molecular weight excluding hydrogens is 246 g/mol. The van der Waals surface area contributed by atoms with E-state index in [-0.39, 0.29) is 12.7 Å². The number of carbonyl (C=O) groups is 1. The Morgan fingerprint density at radius 2 is 2.11 bits per heavy atom. The first-order chi connectivity index (χ1) is 9.15. The molecule has 0 aliphatic carbocycles. The number of amides is 1. The minimum atomic E-state index is -0.249. The minimum absolute atomic E-state index is 0.213. The van der Waals surface area contributed by atoms with Crippen LogP contribution in [0.4, 0.5) is 5.69 Å². The number of hydrogen-bond acceptors (Lipinski definition) is 4. The molecule has 0 fully saturated rings. The lowest BCUT2D eigenvalue weighted by Crippen LogP contribution is -2.13. The lowest BCUT2D eigenvalue weighted by Gasteiger charge is -2.05. The van der Waals surface area contributed by atoms with Crippen LogP contribution >= 0.6 is 0 Å². The molecule has 6 heteroatoms. The monoisotopic (exact) mass is 259 g/mol. The van der Waals surface area contributed by atoms with Gasteiger partial charge >= 0.3 is 0 Å². The molecule has 0 atom stereocenters. The predicted molar refractivity (Wildman–Crippen MR) is 68.6 cm³/mol. The molecule has 0 saturated heterocycles. The Hall–Kier alpha value is -2.50. The van der Waals surface area contributed by atoms with Gasteiger partial charge in [-0.25, -0.2) is 0 Å². The highest BCUT2D eigenvalue weighted by Gasteiger charge is 2.17. The quantitative estimate of drug-likeness (QED) is 0.865. The summed E-state index contributed by atoms with van der Waals surface area (Å²) in [6, 6.07) is 5.26. The molecule has 19 heavy (non-hydrogen) atoms. The number of ether oxygens (including phenoxy) is 2. The molecule has 0 bridgehead atoms. The number of anilines is 1. The lowest BCUT2D eigenvalue weighted by atomic mass is 10.2. The molecule has 0 unspecified atom stereocenters. The van der Waals surface area contributed by atoms with Crippen LogP contribution in [0, 0.1) is 13.8 Å². The van der Waals surface area contributed by atoms with Crippen molar-refractivity contribution in [3.8, 4) is 11.5 Å². The molecule has 2 N–H and O–H groups in total. The molecule has 1 amide bonds. The van der Waals surface area contributed by atoms with E-state index in [0.29, 0.717) is 22.9 Å². The van der Waals surface area contributed by atoms with Gasteiger partial charge in [0.1, 0.15) is 0 Å². The number of carbonyl (C=O) groups excluding carboxylic acids is 1. The van der Waals surface area contributed by atoms with Gasteiger partial charge in [-0.2, -0.15) is 5.10 Å². The normalized spacial score (nSPS) is 12.5. The van der Waals surface area contributed by atoms with Gasteiger partial charge in [-0.05, 0) is 26.0 Å².